The van der Waals surface area contributed by atoms with Crippen molar-refractivity contribution in [2.45, 2.75) is 33.1 Å². The molecule has 1 fully saturated rings. The van der Waals surface area contributed by atoms with E-state index >= 15 is 0 Å². The molecule has 2 heterocycles. The van der Waals surface area contributed by atoms with Gasteiger partial charge in [0.25, 0.3) is 5.91 Å². The first-order chi connectivity index (χ1) is 11.1. The highest BCUT2D eigenvalue weighted by Gasteiger charge is 2.13. The molecule has 0 atom stereocenters. The van der Waals surface area contributed by atoms with Crippen LogP contribution in [-0.4, -0.2) is 29.2 Å². The highest BCUT2D eigenvalue weighted by Crippen LogP contribution is 2.18. The lowest BCUT2D eigenvalue weighted by Gasteiger charge is -2.27. The lowest BCUT2D eigenvalue weighted by molar-refractivity contribution is 0.102. The van der Waals surface area contributed by atoms with E-state index < -0.39 is 0 Å². The first kappa shape index (κ1) is 15.5. The number of hydrogen-bond donors (Lipinski definition) is 1. The minimum atomic E-state index is -0.159. The van der Waals surface area contributed by atoms with E-state index in [1.54, 1.807) is 0 Å². The quantitative estimate of drug-likeness (QED) is 0.944. The zero-order chi connectivity index (χ0) is 16.2. The van der Waals surface area contributed by atoms with Gasteiger partial charge in [-0.25, -0.2) is 0 Å². The van der Waals surface area contributed by atoms with Gasteiger partial charge < -0.3 is 10.2 Å². The fourth-order valence-electron chi connectivity index (χ4n) is 2.75. The van der Waals surface area contributed by atoms with Crippen molar-refractivity contribution < 1.29 is 4.79 Å². The Kier molecular flexibility index (Phi) is 4.55. The van der Waals surface area contributed by atoms with Crippen LogP contribution in [0.2, 0.25) is 0 Å². The summed E-state index contributed by atoms with van der Waals surface area (Å²) < 4.78 is 0. The standard InChI is InChI=1S/C18H22N4O/c1-13-6-7-15(12-14(13)2)18(23)19-16-8-9-17(21-20-16)22-10-4-3-5-11-22/h6-9,12H,3-5,10-11H2,1-2H3,(H,19,20,23). The van der Waals surface area contributed by atoms with E-state index in [9.17, 15) is 4.79 Å². The average molecular weight is 310 g/mol. The zero-order valence-electron chi connectivity index (χ0n) is 13.7. The molecular weight excluding hydrogens is 288 g/mol. The molecule has 1 aliphatic rings. The van der Waals surface area contributed by atoms with Crippen LogP contribution in [0.4, 0.5) is 11.6 Å². The van der Waals surface area contributed by atoms with Gasteiger partial charge in [-0.1, -0.05) is 6.07 Å². The number of nitrogens with one attached hydrogen (secondary N) is 1. The first-order valence-corrected chi connectivity index (χ1v) is 8.11. The van der Waals surface area contributed by atoms with Crippen LogP contribution < -0.4 is 10.2 Å². The van der Waals surface area contributed by atoms with Gasteiger partial charge in [-0.3, -0.25) is 4.79 Å². The third kappa shape index (κ3) is 3.67. The van der Waals surface area contributed by atoms with E-state index in [4.69, 9.17) is 0 Å². The van der Waals surface area contributed by atoms with Gasteiger partial charge in [-0.05, 0) is 68.5 Å². The van der Waals surface area contributed by atoms with Gasteiger partial charge in [0.2, 0.25) is 0 Å². The summed E-state index contributed by atoms with van der Waals surface area (Å²) in [6.07, 6.45) is 3.69. The predicted molar refractivity (Wildman–Crippen MR) is 92.0 cm³/mol. The number of carbonyl (C=O) groups excluding carboxylic acids is 1. The van der Waals surface area contributed by atoms with Gasteiger partial charge >= 0.3 is 0 Å². The van der Waals surface area contributed by atoms with Crippen molar-refractivity contribution in [2.75, 3.05) is 23.3 Å². The number of aryl methyl sites for hydroxylation is 2. The number of benzene rings is 1. The summed E-state index contributed by atoms with van der Waals surface area (Å²) in [6.45, 7) is 6.09. The van der Waals surface area contributed by atoms with Crippen LogP contribution in [-0.2, 0) is 0 Å². The molecular formula is C18H22N4O. The van der Waals surface area contributed by atoms with Gasteiger partial charge in [0.05, 0.1) is 0 Å². The number of hydrogen-bond acceptors (Lipinski definition) is 4. The van der Waals surface area contributed by atoms with Gasteiger partial charge in [-0.15, -0.1) is 10.2 Å². The second-order valence-corrected chi connectivity index (χ2v) is 6.08. The van der Waals surface area contributed by atoms with Gasteiger partial charge in [0, 0.05) is 18.7 Å². The van der Waals surface area contributed by atoms with Crippen LogP contribution in [0, 0.1) is 13.8 Å². The topological polar surface area (TPSA) is 58.1 Å². The molecule has 23 heavy (non-hydrogen) atoms. The van der Waals surface area contributed by atoms with E-state index in [2.05, 4.69) is 20.4 Å². The maximum absolute atomic E-state index is 12.3. The van der Waals surface area contributed by atoms with Crippen LogP contribution in [0.5, 0.6) is 0 Å². The summed E-state index contributed by atoms with van der Waals surface area (Å²) in [4.78, 5) is 14.5. The minimum Gasteiger partial charge on any atom is -0.355 e. The Labute approximate surface area is 136 Å². The molecule has 1 N–H and O–H groups in total. The summed E-state index contributed by atoms with van der Waals surface area (Å²) in [5, 5.41) is 11.2. The van der Waals surface area contributed by atoms with Crippen LogP contribution in [0.1, 0.15) is 40.7 Å². The Hall–Kier alpha value is -2.43. The minimum absolute atomic E-state index is 0.159. The largest absolute Gasteiger partial charge is 0.355 e. The molecule has 5 heteroatoms. The molecule has 3 rings (SSSR count). The van der Waals surface area contributed by atoms with Crippen LogP contribution in [0.3, 0.4) is 0 Å². The summed E-state index contributed by atoms with van der Waals surface area (Å²) in [5.41, 5.74) is 2.91. The van der Waals surface area contributed by atoms with E-state index in [1.165, 1.54) is 24.8 Å². The van der Waals surface area contributed by atoms with Crippen LogP contribution >= 0.6 is 0 Å². The summed E-state index contributed by atoms with van der Waals surface area (Å²) >= 11 is 0. The highest BCUT2D eigenvalue weighted by atomic mass is 16.1. The third-order valence-electron chi connectivity index (χ3n) is 4.34. The molecule has 2 aromatic rings. The van der Waals surface area contributed by atoms with Crippen molar-refractivity contribution in [1.82, 2.24) is 10.2 Å². The molecule has 0 radical (unpaired) electrons. The van der Waals surface area contributed by atoms with Crippen LogP contribution in [0.25, 0.3) is 0 Å². The molecule has 120 valence electrons. The third-order valence-corrected chi connectivity index (χ3v) is 4.34. The average Bonchev–Trinajstić information content (AvgIpc) is 2.59. The molecule has 0 saturated carbocycles. The van der Waals surface area contributed by atoms with Crippen molar-refractivity contribution in [3.8, 4) is 0 Å². The molecule has 1 aliphatic heterocycles. The lowest BCUT2D eigenvalue weighted by Crippen LogP contribution is -2.30. The Bertz CT molecular complexity index is 691. The smallest absolute Gasteiger partial charge is 0.256 e. The summed E-state index contributed by atoms with van der Waals surface area (Å²) in [5.74, 6) is 1.20. The molecule has 1 saturated heterocycles. The second-order valence-electron chi connectivity index (χ2n) is 6.08. The number of aromatic nitrogens is 2. The van der Waals surface area contributed by atoms with Crippen molar-refractivity contribution in [3.63, 3.8) is 0 Å². The molecule has 1 aromatic carbocycles. The second kappa shape index (κ2) is 6.77. The van der Waals surface area contributed by atoms with Crippen molar-refractivity contribution in [1.29, 1.82) is 0 Å². The monoisotopic (exact) mass is 310 g/mol. The summed E-state index contributed by atoms with van der Waals surface area (Å²) in [7, 11) is 0. The summed E-state index contributed by atoms with van der Waals surface area (Å²) in [6, 6.07) is 9.41. The molecule has 5 nitrogen and oxygen atoms in total. The fraction of sp³-hybridized carbons (Fsp3) is 0.389. The Morgan fingerprint density at radius 2 is 1.78 bits per heavy atom. The van der Waals surface area contributed by atoms with Crippen molar-refractivity contribution in [2.24, 2.45) is 0 Å². The lowest BCUT2D eigenvalue weighted by atomic mass is 10.1. The van der Waals surface area contributed by atoms with E-state index in [0.29, 0.717) is 11.4 Å². The molecule has 0 bridgehead atoms. The molecule has 1 amide bonds. The van der Waals surface area contributed by atoms with E-state index in [0.717, 1.165) is 24.5 Å². The SMILES string of the molecule is Cc1ccc(C(=O)Nc2ccc(N3CCCCC3)nn2)cc1C. The number of amides is 1. The maximum Gasteiger partial charge on any atom is 0.256 e. The number of piperidine rings is 1. The fourth-order valence-corrected chi connectivity index (χ4v) is 2.75. The van der Waals surface area contributed by atoms with Crippen molar-refractivity contribution in [3.05, 3.63) is 47.0 Å². The van der Waals surface area contributed by atoms with E-state index in [-0.39, 0.29) is 5.91 Å². The zero-order valence-corrected chi connectivity index (χ0v) is 13.7. The van der Waals surface area contributed by atoms with Gasteiger partial charge in [0.15, 0.2) is 11.6 Å². The first-order valence-electron chi connectivity index (χ1n) is 8.11. The van der Waals surface area contributed by atoms with Gasteiger partial charge in [-0.2, -0.15) is 0 Å². The molecule has 0 spiro atoms. The number of nitrogens with zero attached hydrogens (tertiary/aromatic N) is 3. The number of anilines is 2. The Balaban J connectivity index is 1.67. The molecule has 0 aliphatic carbocycles. The molecule has 0 unspecified atom stereocenters. The van der Waals surface area contributed by atoms with Crippen molar-refractivity contribution >= 4 is 17.5 Å². The number of rotatable bonds is 3. The predicted octanol–water partition coefficient (Wildman–Crippen LogP) is 3.34. The normalized spacial score (nSPS) is 14.6. The van der Waals surface area contributed by atoms with E-state index in [1.807, 2.05) is 44.2 Å². The number of carbonyl (C=O) groups is 1. The molecule has 1 aromatic heterocycles. The Morgan fingerprint density at radius 1 is 1.00 bits per heavy atom. The van der Waals surface area contributed by atoms with Gasteiger partial charge in [0.1, 0.15) is 0 Å². The maximum atomic E-state index is 12.3. The van der Waals surface area contributed by atoms with Crippen LogP contribution in [0.15, 0.2) is 30.3 Å². The Morgan fingerprint density at radius 3 is 2.43 bits per heavy atom. The highest BCUT2D eigenvalue weighted by molar-refractivity contribution is 6.03.